The van der Waals surface area contributed by atoms with Gasteiger partial charge in [0.2, 0.25) is 0 Å². The number of ether oxygens (including phenoxy) is 1. The maximum Gasteiger partial charge on any atom is 0.409 e. The summed E-state index contributed by atoms with van der Waals surface area (Å²) in [4.78, 5) is 15.1. The Morgan fingerprint density at radius 2 is 2.05 bits per heavy atom. The van der Waals surface area contributed by atoms with Crippen molar-refractivity contribution in [2.45, 2.75) is 6.54 Å². The molecule has 6 heteroatoms. The van der Waals surface area contributed by atoms with Crippen LogP contribution < -0.4 is 5.73 Å². The van der Waals surface area contributed by atoms with Crippen LogP contribution in [-0.2, 0) is 11.3 Å². The molecule has 0 radical (unpaired) electrons. The van der Waals surface area contributed by atoms with E-state index in [0.29, 0.717) is 38.3 Å². The molecule has 1 fully saturated rings. The molecule has 0 aromatic heterocycles. The van der Waals surface area contributed by atoms with Crippen LogP contribution in [0.5, 0.6) is 0 Å². The molecule has 0 saturated carbocycles. The van der Waals surface area contributed by atoms with Gasteiger partial charge in [-0.1, -0.05) is 12.1 Å². The molecule has 1 amide bonds. The van der Waals surface area contributed by atoms with E-state index in [4.69, 9.17) is 5.73 Å². The van der Waals surface area contributed by atoms with Crippen molar-refractivity contribution in [3.05, 3.63) is 29.6 Å². The van der Waals surface area contributed by atoms with Gasteiger partial charge in [-0.3, -0.25) is 4.90 Å². The van der Waals surface area contributed by atoms with Crippen LogP contribution in [0.2, 0.25) is 0 Å². The van der Waals surface area contributed by atoms with Crippen molar-refractivity contribution in [2.24, 2.45) is 0 Å². The van der Waals surface area contributed by atoms with Crippen molar-refractivity contribution in [3.8, 4) is 0 Å². The number of nitrogens with zero attached hydrogens (tertiary/aromatic N) is 2. The molecule has 2 rings (SSSR count). The number of methoxy groups -OCH3 is 1. The third-order valence-corrected chi connectivity index (χ3v) is 3.31. The minimum Gasteiger partial charge on any atom is -0.453 e. The molecule has 1 heterocycles. The normalized spacial score (nSPS) is 16.4. The van der Waals surface area contributed by atoms with Gasteiger partial charge in [-0.2, -0.15) is 0 Å². The molecule has 0 bridgehead atoms. The van der Waals surface area contributed by atoms with Crippen LogP contribution in [0.1, 0.15) is 5.56 Å². The van der Waals surface area contributed by atoms with Crippen molar-refractivity contribution in [1.82, 2.24) is 9.80 Å². The van der Waals surface area contributed by atoms with E-state index in [9.17, 15) is 9.18 Å². The molecule has 19 heavy (non-hydrogen) atoms. The smallest absolute Gasteiger partial charge is 0.409 e. The number of carbonyl (C=O) groups excluding carboxylic acids is 1. The standard InChI is InChI=1S/C13H18FN3O2/c1-19-13(18)17-7-5-16(6-8-17)9-10-3-2-4-11(15)12(10)14/h2-4H,5-9,15H2,1H3. The summed E-state index contributed by atoms with van der Waals surface area (Å²) in [7, 11) is 1.37. The van der Waals surface area contributed by atoms with Crippen LogP contribution in [0.25, 0.3) is 0 Å². The van der Waals surface area contributed by atoms with Crippen LogP contribution in [0.3, 0.4) is 0 Å². The number of amides is 1. The highest BCUT2D eigenvalue weighted by molar-refractivity contribution is 5.67. The maximum atomic E-state index is 13.8. The van der Waals surface area contributed by atoms with E-state index in [-0.39, 0.29) is 17.6 Å². The Labute approximate surface area is 111 Å². The van der Waals surface area contributed by atoms with Gasteiger partial charge in [0.05, 0.1) is 12.8 Å². The number of hydrogen-bond donors (Lipinski definition) is 1. The summed E-state index contributed by atoms with van der Waals surface area (Å²) in [5.41, 5.74) is 6.30. The Hall–Kier alpha value is -1.82. The van der Waals surface area contributed by atoms with Crippen molar-refractivity contribution in [1.29, 1.82) is 0 Å². The molecular weight excluding hydrogens is 249 g/mol. The Morgan fingerprint density at radius 3 is 2.68 bits per heavy atom. The molecule has 1 aromatic carbocycles. The topological polar surface area (TPSA) is 58.8 Å². The molecule has 0 spiro atoms. The van der Waals surface area contributed by atoms with Gasteiger partial charge in [0.25, 0.3) is 0 Å². The number of nitrogens with two attached hydrogens (primary N) is 1. The van der Waals surface area contributed by atoms with Crippen LogP contribution in [0, 0.1) is 5.82 Å². The summed E-state index contributed by atoms with van der Waals surface area (Å²) in [6.45, 7) is 3.09. The van der Waals surface area contributed by atoms with E-state index in [1.807, 2.05) is 0 Å². The second kappa shape index (κ2) is 5.88. The SMILES string of the molecule is COC(=O)N1CCN(Cc2cccc(N)c2F)CC1. The average Bonchev–Trinajstić information content (AvgIpc) is 2.44. The lowest BCUT2D eigenvalue weighted by molar-refractivity contribution is 0.0885. The Morgan fingerprint density at radius 1 is 1.37 bits per heavy atom. The van der Waals surface area contributed by atoms with Gasteiger partial charge < -0.3 is 15.4 Å². The van der Waals surface area contributed by atoms with Gasteiger partial charge in [-0.05, 0) is 6.07 Å². The fraction of sp³-hybridized carbons (Fsp3) is 0.462. The minimum atomic E-state index is -0.349. The monoisotopic (exact) mass is 267 g/mol. The van der Waals surface area contributed by atoms with Crippen molar-refractivity contribution >= 4 is 11.8 Å². The number of hydrogen-bond acceptors (Lipinski definition) is 4. The van der Waals surface area contributed by atoms with E-state index >= 15 is 0 Å². The number of halogens is 1. The van der Waals surface area contributed by atoms with E-state index in [0.717, 1.165) is 0 Å². The quantitative estimate of drug-likeness (QED) is 0.820. The van der Waals surface area contributed by atoms with E-state index in [1.54, 1.807) is 23.1 Å². The number of carbonyl (C=O) groups is 1. The Balaban J connectivity index is 1.92. The zero-order chi connectivity index (χ0) is 13.8. The highest BCUT2D eigenvalue weighted by atomic mass is 19.1. The van der Waals surface area contributed by atoms with Crippen molar-refractivity contribution < 1.29 is 13.9 Å². The third-order valence-electron chi connectivity index (χ3n) is 3.31. The van der Waals surface area contributed by atoms with Gasteiger partial charge in [-0.15, -0.1) is 0 Å². The molecule has 0 aliphatic carbocycles. The molecule has 1 saturated heterocycles. The summed E-state index contributed by atoms with van der Waals surface area (Å²) >= 11 is 0. The van der Waals surface area contributed by atoms with Crippen molar-refractivity contribution in [2.75, 3.05) is 39.0 Å². The lowest BCUT2D eigenvalue weighted by atomic mass is 10.1. The molecule has 2 N–H and O–H groups in total. The van der Waals surface area contributed by atoms with E-state index in [2.05, 4.69) is 9.64 Å². The van der Waals surface area contributed by atoms with E-state index < -0.39 is 0 Å². The van der Waals surface area contributed by atoms with Gasteiger partial charge >= 0.3 is 6.09 Å². The molecule has 1 aromatic rings. The molecule has 1 aliphatic rings. The second-order valence-electron chi connectivity index (χ2n) is 4.55. The number of benzene rings is 1. The van der Waals surface area contributed by atoms with Gasteiger partial charge in [-0.25, -0.2) is 9.18 Å². The predicted octanol–water partition coefficient (Wildman–Crippen LogP) is 1.29. The van der Waals surface area contributed by atoms with Gasteiger partial charge in [0.1, 0.15) is 0 Å². The van der Waals surface area contributed by atoms with Crippen LogP contribution in [0.4, 0.5) is 14.9 Å². The number of rotatable bonds is 2. The van der Waals surface area contributed by atoms with Crippen LogP contribution >= 0.6 is 0 Å². The number of anilines is 1. The summed E-state index contributed by atoms with van der Waals surface area (Å²) in [5.74, 6) is -0.349. The first-order valence-electron chi connectivity index (χ1n) is 6.20. The Kier molecular flexibility index (Phi) is 4.21. The largest absolute Gasteiger partial charge is 0.453 e. The zero-order valence-corrected chi connectivity index (χ0v) is 10.9. The Bertz CT molecular complexity index is 459. The maximum absolute atomic E-state index is 13.8. The number of nitrogen functional groups attached to an aromatic ring is 1. The zero-order valence-electron chi connectivity index (χ0n) is 10.9. The van der Waals surface area contributed by atoms with Crippen molar-refractivity contribution in [3.63, 3.8) is 0 Å². The fourth-order valence-electron chi connectivity index (χ4n) is 2.18. The minimum absolute atomic E-state index is 0.172. The fourth-order valence-corrected chi connectivity index (χ4v) is 2.18. The first-order valence-corrected chi connectivity index (χ1v) is 6.20. The molecule has 104 valence electrons. The van der Waals surface area contributed by atoms with E-state index in [1.165, 1.54) is 7.11 Å². The highest BCUT2D eigenvalue weighted by Crippen LogP contribution is 2.17. The first-order chi connectivity index (χ1) is 9.11. The second-order valence-corrected chi connectivity index (χ2v) is 4.55. The van der Waals surface area contributed by atoms with Gasteiger partial charge in [0, 0.05) is 38.3 Å². The molecule has 0 atom stereocenters. The summed E-state index contributed by atoms with van der Waals surface area (Å²) in [6, 6.07) is 5.03. The summed E-state index contributed by atoms with van der Waals surface area (Å²) in [5, 5.41) is 0. The summed E-state index contributed by atoms with van der Waals surface area (Å²) in [6.07, 6.45) is -0.310. The lowest BCUT2D eigenvalue weighted by Gasteiger charge is -2.33. The molecule has 5 nitrogen and oxygen atoms in total. The highest BCUT2D eigenvalue weighted by Gasteiger charge is 2.22. The average molecular weight is 267 g/mol. The number of piperazine rings is 1. The molecule has 0 unspecified atom stereocenters. The van der Waals surface area contributed by atoms with Crippen LogP contribution in [0.15, 0.2) is 18.2 Å². The molecule has 1 aliphatic heterocycles. The predicted molar refractivity (Wildman–Crippen MR) is 70.1 cm³/mol. The first kappa shape index (κ1) is 13.6. The summed E-state index contributed by atoms with van der Waals surface area (Å²) < 4.78 is 18.4. The molecular formula is C13H18FN3O2. The van der Waals surface area contributed by atoms with Gasteiger partial charge in [0.15, 0.2) is 5.82 Å². The lowest BCUT2D eigenvalue weighted by Crippen LogP contribution is -2.48. The third kappa shape index (κ3) is 3.14. The van der Waals surface area contributed by atoms with Crippen LogP contribution in [-0.4, -0.2) is 49.2 Å².